The molecule has 0 aromatic carbocycles. The summed E-state index contributed by atoms with van der Waals surface area (Å²) in [5.41, 5.74) is 0. The van der Waals surface area contributed by atoms with E-state index >= 15 is 0 Å². The van der Waals surface area contributed by atoms with Crippen molar-refractivity contribution in [3.63, 3.8) is 0 Å². The molecule has 0 heterocycles. The van der Waals surface area contributed by atoms with Crippen molar-refractivity contribution in [2.45, 2.75) is 482 Å². The van der Waals surface area contributed by atoms with Crippen LogP contribution in [0, 0.1) is 0 Å². The Balaban J connectivity index is 3.31. The number of hydrogen-bond donors (Lipinski definition) is 3. The minimum absolute atomic E-state index is 0.0230. The molecule has 3 N–H and O–H groups in total. The summed E-state index contributed by atoms with van der Waals surface area (Å²) in [6.45, 7) is 4.95. The van der Waals surface area contributed by atoms with Crippen LogP contribution < -0.4 is 5.32 Å². The van der Waals surface area contributed by atoms with E-state index in [0.717, 1.165) is 38.5 Å². The zero-order chi connectivity index (χ0) is 64.2. The zero-order valence-corrected chi connectivity index (χ0v) is 60.7. The first kappa shape index (κ1) is 87.3. The monoisotopic (exact) mass is 1250 g/mol. The molecule has 0 aliphatic heterocycles. The summed E-state index contributed by atoms with van der Waals surface area (Å²) in [6.07, 6.45) is 102. The Morgan fingerprint density at radius 1 is 0.303 bits per heavy atom. The normalized spacial score (nSPS) is 12.5. The molecule has 0 radical (unpaired) electrons. The average Bonchev–Trinajstić information content (AvgIpc) is 3.63. The molecule has 2 atom stereocenters. The summed E-state index contributed by atoms with van der Waals surface area (Å²) in [4.78, 5) is 24.7. The second kappa shape index (κ2) is 78.8. The Bertz CT molecular complexity index is 1400. The Hall–Kier alpha value is -1.66. The molecule has 0 fully saturated rings. The standard InChI is InChI=1S/C83H161NO5/c1-3-5-7-9-11-13-15-17-19-21-40-45-49-53-57-61-65-69-73-77-83(88)89-78-74-70-66-62-58-54-50-46-42-39-37-35-33-31-29-27-25-23-24-26-28-30-32-34-36-38-41-44-48-52-56-60-64-68-72-76-82(87)84-80(79-85)81(86)75-71-67-63-59-55-51-47-43-22-20-18-16-14-12-10-8-6-4-2/h17,19,71,75,80-81,85-86H,3-16,18,20-70,72-74,76-79H2,1-2H3,(H,84,87)/b19-17-,75-71+. The predicted octanol–water partition coefficient (Wildman–Crippen LogP) is 27.2. The van der Waals surface area contributed by atoms with E-state index in [1.807, 2.05) is 6.08 Å². The highest BCUT2D eigenvalue weighted by Crippen LogP contribution is 2.20. The summed E-state index contributed by atoms with van der Waals surface area (Å²) in [6, 6.07) is -0.624. The summed E-state index contributed by atoms with van der Waals surface area (Å²) < 4.78 is 5.52. The van der Waals surface area contributed by atoms with Crippen LogP contribution in [0.4, 0.5) is 0 Å². The maximum absolute atomic E-state index is 12.5. The number of carbonyl (C=O) groups excluding carboxylic acids is 2. The molecule has 0 aromatic rings. The molecule has 0 spiro atoms. The van der Waals surface area contributed by atoms with Crippen molar-refractivity contribution in [2.24, 2.45) is 0 Å². The lowest BCUT2D eigenvalue weighted by molar-refractivity contribution is -0.143. The van der Waals surface area contributed by atoms with Crippen LogP contribution in [-0.4, -0.2) is 47.4 Å². The van der Waals surface area contributed by atoms with E-state index in [1.165, 1.54) is 405 Å². The lowest BCUT2D eigenvalue weighted by Gasteiger charge is -2.20. The molecule has 0 saturated heterocycles. The van der Waals surface area contributed by atoms with E-state index in [2.05, 4.69) is 31.3 Å². The highest BCUT2D eigenvalue weighted by Gasteiger charge is 2.18. The zero-order valence-electron chi connectivity index (χ0n) is 60.7. The van der Waals surface area contributed by atoms with Gasteiger partial charge in [0.05, 0.1) is 25.4 Å². The summed E-state index contributed by atoms with van der Waals surface area (Å²) >= 11 is 0. The van der Waals surface area contributed by atoms with Gasteiger partial charge in [-0.15, -0.1) is 0 Å². The van der Waals surface area contributed by atoms with Gasteiger partial charge in [0.25, 0.3) is 0 Å². The second-order valence-corrected chi connectivity index (χ2v) is 28.5. The van der Waals surface area contributed by atoms with E-state index in [4.69, 9.17) is 4.74 Å². The highest BCUT2D eigenvalue weighted by molar-refractivity contribution is 5.76. The van der Waals surface area contributed by atoms with Crippen LogP contribution in [0.25, 0.3) is 0 Å². The molecule has 0 saturated carbocycles. The van der Waals surface area contributed by atoms with Crippen LogP contribution in [0.5, 0.6) is 0 Å². The quantitative estimate of drug-likeness (QED) is 0.0320. The number of nitrogens with one attached hydrogen (secondary N) is 1. The highest BCUT2D eigenvalue weighted by atomic mass is 16.5. The van der Waals surface area contributed by atoms with Gasteiger partial charge in [0.1, 0.15) is 0 Å². The molecular formula is C83H161NO5. The molecule has 0 aliphatic carbocycles. The van der Waals surface area contributed by atoms with Crippen LogP contribution in [0.1, 0.15) is 470 Å². The van der Waals surface area contributed by atoms with Crippen LogP contribution in [-0.2, 0) is 14.3 Å². The molecule has 1 amide bonds. The number of ether oxygens (including phenoxy) is 1. The number of aliphatic hydroxyl groups is 2. The first-order valence-electron chi connectivity index (χ1n) is 41.1. The molecule has 2 unspecified atom stereocenters. The number of amides is 1. The number of rotatable bonds is 78. The largest absolute Gasteiger partial charge is 0.466 e. The van der Waals surface area contributed by atoms with Crippen LogP contribution in [0.3, 0.4) is 0 Å². The van der Waals surface area contributed by atoms with Gasteiger partial charge >= 0.3 is 5.97 Å². The van der Waals surface area contributed by atoms with Gasteiger partial charge < -0.3 is 20.3 Å². The van der Waals surface area contributed by atoms with Gasteiger partial charge in [-0.2, -0.15) is 0 Å². The van der Waals surface area contributed by atoms with E-state index in [1.54, 1.807) is 6.08 Å². The lowest BCUT2D eigenvalue weighted by atomic mass is 10.0. The van der Waals surface area contributed by atoms with Gasteiger partial charge in [-0.25, -0.2) is 0 Å². The number of allylic oxidation sites excluding steroid dienone is 3. The third kappa shape index (κ3) is 75.3. The number of carbonyl (C=O) groups is 2. The maximum atomic E-state index is 12.5. The maximum Gasteiger partial charge on any atom is 0.305 e. The molecule has 0 aliphatic rings. The van der Waals surface area contributed by atoms with Gasteiger partial charge in [0.15, 0.2) is 0 Å². The van der Waals surface area contributed by atoms with Crippen molar-refractivity contribution in [3.05, 3.63) is 24.3 Å². The van der Waals surface area contributed by atoms with Crippen molar-refractivity contribution < 1.29 is 24.5 Å². The average molecular weight is 1250 g/mol. The van der Waals surface area contributed by atoms with Crippen LogP contribution in [0.2, 0.25) is 0 Å². The van der Waals surface area contributed by atoms with Crippen LogP contribution in [0.15, 0.2) is 24.3 Å². The van der Waals surface area contributed by atoms with Crippen molar-refractivity contribution in [1.29, 1.82) is 0 Å². The Kier molecular flexibility index (Phi) is 77.3. The minimum Gasteiger partial charge on any atom is -0.466 e. The first-order valence-corrected chi connectivity index (χ1v) is 41.1. The Morgan fingerprint density at radius 2 is 0.528 bits per heavy atom. The van der Waals surface area contributed by atoms with Crippen molar-refractivity contribution in [3.8, 4) is 0 Å². The summed E-state index contributed by atoms with van der Waals surface area (Å²) in [5, 5.41) is 23.3. The van der Waals surface area contributed by atoms with Gasteiger partial charge in [-0.05, 0) is 57.8 Å². The fourth-order valence-electron chi connectivity index (χ4n) is 13.2. The Labute approximate surface area is 558 Å². The van der Waals surface area contributed by atoms with Crippen molar-refractivity contribution in [2.75, 3.05) is 13.2 Å². The third-order valence-electron chi connectivity index (χ3n) is 19.5. The van der Waals surface area contributed by atoms with Gasteiger partial charge in [0, 0.05) is 12.8 Å². The molecule has 6 nitrogen and oxygen atoms in total. The van der Waals surface area contributed by atoms with Crippen molar-refractivity contribution in [1.82, 2.24) is 5.32 Å². The molecule has 528 valence electrons. The Morgan fingerprint density at radius 3 is 0.798 bits per heavy atom. The summed E-state index contributed by atoms with van der Waals surface area (Å²) in [7, 11) is 0. The van der Waals surface area contributed by atoms with Gasteiger partial charge in [-0.3, -0.25) is 9.59 Å². The lowest BCUT2D eigenvalue weighted by Crippen LogP contribution is -2.45. The number of hydrogen-bond acceptors (Lipinski definition) is 5. The molecular weight excluding hydrogens is 1090 g/mol. The molecule has 0 rings (SSSR count). The second-order valence-electron chi connectivity index (χ2n) is 28.5. The number of unbranched alkanes of at least 4 members (excludes halogenated alkanes) is 65. The van der Waals surface area contributed by atoms with Gasteiger partial charge in [-0.1, -0.05) is 423 Å². The predicted molar refractivity (Wildman–Crippen MR) is 393 cm³/mol. The fourth-order valence-corrected chi connectivity index (χ4v) is 13.2. The van der Waals surface area contributed by atoms with E-state index < -0.39 is 12.1 Å². The third-order valence-corrected chi connectivity index (χ3v) is 19.5. The SMILES string of the molecule is CCCCCCCC/C=C\CCCCCCCCCCCC(=O)OCCCCCCCCCCCCCCCCCCCCCCCCCCCCCCCCCCCCCC(=O)NC(CO)C(O)/C=C/CCCCCCCCCCCCCCCCCC. The summed E-state index contributed by atoms with van der Waals surface area (Å²) in [5.74, 6) is -0.0353. The van der Waals surface area contributed by atoms with E-state index in [0.29, 0.717) is 19.4 Å². The van der Waals surface area contributed by atoms with E-state index in [-0.39, 0.29) is 18.5 Å². The van der Waals surface area contributed by atoms with Crippen LogP contribution >= 0.6 is 0 Å². The topological polar surface area (TPSA) is 95.9 Å². The fraction of sp³-hybridized carbons (Fsp3) is 0.928. The first-order chi connectivity index (χ1) is 44.0. The van der Waals surface area contributed by atoms with Gasteiger partial charge in [0.2, 0.25) is 5.91 Å². The molecule has 0 aromatic heterocycles. The molecule has 0 bridgehead atoms. The number of aliphatic hydroxyl groups excluding tert-OH is 2. The smallest absolute Gasteiger partial charge is 0.305 e. The van der Waals surface area contributed by atoms with Crippen molar-refractivity contribution >= 4 is 11.9 Å². The molecule has 89 heavy (non-hydrogen) atoms. The minimum atomic E-state index is -0.841. The van der Waals surface area contributed by atoms with E-state index in [9.17, 15) is 19.8 Å². The number of esters is 1. The molecule has 6 heteroatoms.